The molecule has 2 heterocycles. The Kier molecular flexibility index (Phi) is 6.28. The number of hydrogen-bond donors (Lipinski definition) is 2. The summed E-state index contributed by atoms with van der Waals surface area (Å²) in [5.74, 6) is -0.373. The summed E-state index contributed by atoms with van der Waals surface area (Å²) in [6.07, 6.45) is 2.50. The van der Waals surface area contributed by atoms with Crippen LogP contribution in [0.15, 0.2) is 44.7 Å². The number of amides is 1. The number of aryl methyl sites for hydroxylation is 1. The predicted octanol–water partition coefficient (Wildman–Crippen LogP) is 2.64. The van der Waals surface area contributed by atoms with Gasteiger partial charge in [0, 0.05) is 4.88 Å². The van der Waals surface area contributed by atoms with Crippen molar-refractivity contribution in [1.82, 2.24) is 5.27 Å². The van der Waals surface area contributed by atoms with Crippen LogP contribution in [0.3, 0.4) is 0 Å². The zero-order valence-electron chi connectivity index (χ0n) is 17.1. The Bertz CT molecular complexity index is 1170. The fourth-order valence-electron chi connectivity index (χ4n) is 3.79. The van der Waals surface area contributed by atoms with E-state index in [0.717, 1.165) is 41.5 Å². The quantitative estimate of drug-likeness (QED) is 0.333. The normalized spacial score (nSPS) is 15.4. The molecular formula is C21H22N3O5S2+. The molecule has 3 aromatic rings. The number of fused-ring (bicyclic) bond motifs is 1. The van der Waals surface area contributed by atoms with E-state index in [9.17, 15) is 14.4 Å². The SMILES string of the molecule is COC(=O)c1c(NC(=O)CSc2c(=O)o[nH][n+]2C)sc2c1CCC(c1ccccc1)C2. The highest BCUT2D eigenvalue weighted by molar-refractivity contribution is 7.99. The minimum Gasteiger partial charge on any atom is -0.465 e. The smallest absolute Gasteiger partial charge is 0.441 e. The highest BCUT2D eigenvalue weighted by atomic mass is 32.2. The Balaban J connectivity index is 1.54. The van der Waals surface area contributed by atoms with Gasteiger partial charge in [-0.2, -0.15) is 0 Å². The van der Waals surface area contributed by atoms with Crippen LogP contribution in [0, 0.1) is 0 Å². The van der Waals surface area contributed by atoms with Gasteiger partial charge in [-0.05, 0) is 53.3 Å². The van der Waals surface area contributed by atoms with Crippen LogP contribution in [-0.2, 0) is 29.4 Å². The average molecular weight is 461 g/mol. The van der Waals surface area contributed by atoms with Gasteiger partial charge in [-0.3, -0.25) is 9.32 Å². The molecule has 4 rings (SSSR count). The van der Waals surface area contributed by atoms with E-state index in [1.54, 1.807) is 7.05 Å². The van der Waals surface area contributed by atoms with E-state index in [0.29, 0.717) is 21.5 Å². The molecule has 1 aliphatic carbocycles. The van der Waals surface area contributed by atoms with E-state index in [-0.39, 0.29) is 11.7 Å². The second kappa shape index (κ2) is 9.11. The van der Waals surface area contributed by atoms with Gasteiger partial charge in [-0.25, -0.2) is 9.59 Å². The summed E-state index contributed by atoms with van der Waals surface area (Å²) in [6.45, 7) is 0. The molecule has 8 nitrogen and oxygen atoms in total. The average Bonchev–Trinajstić information content (AvgIpc) is 3.30. The number of benzene rings is 1. The van der Waals surface area contributed by atoms with Gasteiger partial charge in [-0.1, -0.05) is 35.0 Å². The summed E-state index contributed by atoms with van der Waals surface area (Å²) in [4.78, 5) is 37.8. The molecular weight excluding hydrogens is 438 g/mol. The van der Waals surface area contributed by atoms with Gasteiger partial charge >= 0.3 is 16.6 Å². The number of hydrogen-bond acceptors (Lipinski definition) is 7. The molecule has 0 fully saturated rings. The van der Waals surface area contributed by atoms with Crippen molar-refractivity contribution < 1.29 is 23.5 Å². The van der Waals surface area contributed by atoms with Crippen LogP contribution in [0.4, 0.5) is 5.00 Å². The Labute approximate surface area is 186 Å². The molecule has 0 spiro atoms. The number of H-pyrrole nitrogens is 1. The number of nitrogens with zero attached hydrogens (tertiary/aromatic N) is 1. The number of esters is 1. The third-order valence-corrected chi connectivity index (χ3v) is 7.56. The van der Waals surface area contributed by atoms with Crippen molar-refractivity contribution >= 4 is 40.0 Å². The standard InChI is InChI=1S/C21H21N3O5S2/c1-24-19(21(27)29-23-24)30-11-16(25)22-18-17(20(26)28-2)14-9-8-13(10-15(14)31-18)12-6-4-3-5-7-12/h3-7,13H,8-11H2,1-2H3,(H-,22,23,25,26,27)/p+1. The number of carbonyl (C=O) groups is 2. The largest absolute Gasteiger partial charge is 0.465 e. The number of thiophene rings is 1. The minimum absolute atomic E-state index is 0.00622. The molecule has 0 aliphatic heterocycles. The molecule has 0 saturated carbocycles. The lowest BCUT2D eigenvalue weighted by atomic mass is 9.83. The van der Waals surface area contributed by atoms with Crippen LogP contribution < -0.4 is 15.6 Å². The van der Waals surface area contributed by atoms with Crippen LogP contribution in [0.1, 0.15) is 38.7 Å². The molecule has 1 amide bonds. The van der Waals surface area contributed by atoms with Crippen molar-refractivity contribution in [2.45, 2.75) is 30.2 Å². The number of ether oxygens (including phenoxy) is 1. The van der Waals surface area contributed by atoms with Crippen molar-refractivity contribution in [3.63, 3.8) is 0 Å². The highest BCUT2D eigenvalue weighted by Crippen LogP contribution is 2.42. The molecule has 162 valence electrons. The van der Waals surface area contributed by atoms with Gasteiger partial charge in [0.1, 0.15) is 5.00 Å². The van der Waals surface area contributed by atoms with Crippen molar-refractivity contribution in [2.75, 3.05) is 18.2 Å². The van der Waals surface area contributed by atoms with Gasteiger partial charge in [0.15, 0.2) is 7.05 Å². The topological polar surface area (TPSA) is 105 Å². The van der Waals surface area contributed by atoms with E-state index < -0.39 is 11.6 Å². The fourth-order valence-corrected chi connectivity index (χ4v) is 5.85. The lowest BCUT2D eigenvalue weighted by Crippen LogP contribution is -2.34. The van der Waals surface area contributed by atoms with Crippen LogP contribution in [0.5, 0.6) is 0 Å². The van der Waals surface area contributed by atoms with E-state index in [2.05, 4.69) is 27.2 Å². The number of anilines is 1. The molecule has 0 saturated heterocycles. The number of aromatic amines is 1. The molecule has 1 aliphatic rings. The summed E-state index contributed by atoms with van der Waals surface area (Å²) < 4.78 is 11.1. The lowest BCUT2D eigenvalue weighted by Gasteiger charge is -2.22. The molecule has 0 bridgehead atoms. The zero-order valence-corrected chi connectivity index (χ0v) is 18.7. The van der Waals surface area contributed by atoms with Gasteiger partial charge in [-0.15, -0.1) is 11.3 Å². The summed E-state index contributed by atoms with van der Waals surface area (Å²) in [6, 6.07) is 10.3. The first-order valence-corrected chi connectivity index (χ1v) is 11.6. The monoisotopic (exact) mass is 460 g/mol. The Hall–Kier alpha value is -2.85. The summed E-state index contributed by atoms with van der Waals surface area (Å²) in [5.41, 5.74) is 2.15. The third-order valence-electron chi connectivity index (χ3n) is 5.27. The van der Waals surface area contributed by atoms with Crippen LogP contribution in [0.25, 0.3) is 0 Å². The van der Waals surface area contributed by atoms with Crippen LogP contribution in [0.2, 0.25) is 0 Å². The maximum atomic E-state index is 12.6. The number of thioether (sulfide) groups is 1. The Morgan fingerprint density at radius 2 is 2.13 bits per heavy atom. The van der Waals surface area contributed by atoms with Gasteiger partial charge < -0.3 is 10.1 Å². The zero-order chi connectivity index (χ0) is 22.0. The maximum absolute atomic E-state index is 12.6. The van der Waals surface area contributed by atoms with Crippen molar-refractivity contribution in [3.8, 4) is 0 Å². The maximum Gasteiger partial charge on any atom is 0.441 e. The molecule has 1 atom stereocenters. The van der Waals surface area contributed by atoms with Gasteiger partial charge in [0.25, 0.3) is 0 Å². The predicted molar refractivity (Wildman–Crippen MR) is 117 cm³/mol. The Morgan fingerprint density at radius 3 is 2.81 bits per heavy atom. The van der Waals surface area contributed by atoms with Crippen molar-refractivity contribution in [2.24, 2.45) is 7.05 Å². The van der Waals surface area contributed by atoms with E-state index >= 15 is 0 Å². The van der Waals surface area contributed by atoms with Crippen molar-refractivity contribution in [1.29, 1.82) is 0 Å². The van der Waals surface area contributed by atoms with Crippen molar-refractivity contribution in [3.05, 3.63) is 62.3 Å². The minimum atomic E-state index is -0.533. The Morgan fingerprint density at radius 1 is 1.35 bits per heavy atom. The van der Waals surface area contributed by atoms with Crippen LogP contribution in [-0.4, -0.2) is 30.0 Å². The number of aromatic nitrogens is 2. The summed E-state index contributed by atoms with van der Waals surface area (Å²) >= 11 is 2.49. The first-order chi connectivity index (χ1) is 15.0. The lowest BCUT2D eigenvalue weighted by molar-refractivity contribution is -0.772. The third kappa shape index (κ3) is 4.45. The number of methoxy groups -OCH3 is 1. The van der Waals surface area contributed by atoms with E-state index in [1.165, 1.54) is 28.7 Å². The molecule has 31 heavy (non-hydrogen) atoms. The van der Waals surface area contributed by atoms with Gasteiger partial charge in [0.2, 0.25) is 5.91 Å². The van der Waals surface area contributed by atoms with E-state index in [4.69, 9.17) is 4.74 Å². The first-order valence-electron chi connectivity index (χ1n) is 9.75. The first kappa shape index (κ1) is 21.4. The number of carbonyl (C=O) groups excluding carboxylic acids is 2. The highest BCUT2D eigenvalue weighted by Gasteiger charge is 2.31. The second-order valence-corrected chi connectivity index (χ2v) is 9.30. The molecule has 0 radical (unpaired) electrons. The van der Waals surface area contributed by atoms with E-state index in [1.807, 2.05) is 18.2 Å². The van der Waals surface area contributed by atoms with Crippen LogP contribution >= 0.6 is 23.1 Å². The molecule has 1 aromatic carbocycles. The number of nitrogens with one attached hydrogen (secondary N) is 2. The molecule has 2 aromatic heterocycles. The molecule has 10 heteroatoms. The molecule has 1 unspecified atom stereocenters. The summed E-state index contributed by atoms with van der Waals surface area (Å²) in [7, 11) is 2.96. The second-order valence-electron chi connectivity index (χ2n) is 7.23. The fraction of sp³-hybridized carbons (Fsp3) is 0.333. The number of rotatable bonds is 6. The van der Waals surface area contributed by atoms with Gasteiger partial charge in [0.05, 0.1) is 18.4 Å². The summed E-state index contributed by atoms with van der Waals surface area (Å²) in [5, 5.41) is 6.05. The molecule has 2 N–H and O–H groups in total.